The van der Waals surface area contributed by atoms with Crippen LogP contribution in [0.25, 0.3) is 21.0 Å². The van der Waals surface area contributed by atoms with Crippen LogP contribution >= 0.6 is 23.7 Å². The Hall–Kier alpha value is -1.71. The zero-order chi connectivity index (χ0) is 17.1. The molecule has 0 spiro atoms. The topological polar surface area (TPSA) is 77.8 Å². The van der Waals surface area contributed by atoms with Gasteiger partial charge in [-0.15, -0.1) is 23.7 Å². The number of nitrogens with zero attached hydrogens (tertiary/aromatic N) is 3. The van der Waals surface area contributed by atoms with Crippen molar-refractivity contribution in [3.63, 3.8) is 0 Å². The molecule has 1 aliphatic carbocycles. The van der Waals surface area contributed by atoms with Crippen LogP contribution in [0.2, 0.25) is 0 Å². The number of nitrogens with two attached hydrogens (primary N) is 1. The van der Waals surface area contributed by atoms with Gasteiger partial charge in [-0.1, -0.05) is 5.16 Å². The summed E-state index contributed by atoms with van der Waals surface area (Å²) < 4.78 is 43.7. The third-order valence-electron chi connectivity index (χ3n) is 4.41. The Kier molecular flexibility index (Phi) is 4.29. The maximum Gasteiger partial charge on any atom is 0.433 e. The van der Waals surface area contributed by atoms with Gasteiger partial charge in [-0.25, -0.2) is 4.98 Å². The van der Waals surface area contributed by atoms with Gasteiger partial charge < -0.3 is 10.3 Å². The molecule has 3 heterocycles. The summed E-state index contributed by atoms with van der Waals surface area (Å²) in [6.07, 6.45) is -1.85. The third-order valence-corrected chi connectivity index (χ3v) is 5.59. The number of hydrogen-bond donors (Lipinski definition) is 1. The lowest BCUT2D eigenvalue weighted by molar-refractivity contribution is -0.140. The molecule has 1 fully saturated rings. The van der Waals surface area contributed by atoms with E-state index in [4.69, 9.17) is 10.3 Å². The monoisotopic (exact) mass is 390 g/mol. The molecule has 1 aliphatic rings. The largest absolute Gasteiger partial charge is 0.433 e. The minimum absolute atomic E-state index is 0. The Balaban J connectivity index is 0.00000182. The zero-order valence-electron chi connectivity index (χ0n) is 13.1. The smallest absolute Gasteiger partial charge is 0.333 e. The molecule has 134 valence electrons. The number of alkyl halides is 3. The third kappa shape index (κ3) is 2.90. The van der Waals surface area contributed by atoms with Gasteiger partial charge in [0.15, 0.2) is 5.82 Å². The fourth-order valence-electron chi connectivity index (χ4n) is 2.76. The average Bonchev–Trinajstić information content (AvgIpc) is 3.09. The van der Waals surface area contributed by atoms with E-state index in [1.807, 2.05) is 0 Å². The molecule has 0 aliphatic heterocycles. The van der Waals surface area contributed by atoms with Crippen LogP contribution in [0.3, 0.4) is 0 Å². The predicted octanol–water partition coefficient (Wildman–Crippen LogP) is 4.43. The maximum absolute atomic E-state index is 12.8. The van der Waals surface area contributed by atoms with E-state index >= 15 is 0 Å². The highest BCUT2D eigenvalue weighted by atomic mass is 35.5. The molecular formula is C15H14ClF3N4OS. The predicted molar refractivity (Wildman–Crippen MR) is 89.6 cm³/mol. The highest BCUT2D eigenvalue weighted by molar-refractivity contribution is 7.22. The van der Waals surface area contributed by atoms with Crippen molar-refractivity contribution in [2.45, 2.75) is 37.9 Å². The first-order valence-corrected chi connectivity index (χ1v) is 8.20. The Morgan fingerprint density at radius 2 is 1.96 bits per heavy atom. The number of halogens is 4. The summed E-state index contributed by atoms with van der Waals surface area (Å²) in [5.74, 6) is 0.723. The number of rotatable bonds is 2. The van der Waals surface area contributed by atoms with E-state index in [-0.39, 0.29) is 18.3 Å². The van der Waals surface area contributed by atoms with Gasteiger partial charge in [0.2, 0.25) is 0 Å². The van der Waals surface area contributed by atoms with E-state index in [1.165, 1.54) is 6.07 Å². The van der Waals surface area contributed by atoms with Crippen molar-refractivity contribution < 1.29 is 17.7 Å². The van der Waals surface area contributed by atoms with Crippen LogP contribution in [0.5, 0.6) is 0 Å². The highest BCUT2D eigenvalue weighted by Gasteiger charge is 2.39. The molecule has 3 aromatic heterocycles. The second-order valence-corrected chi connectivity index (χ2v) is 7.04. The lowest BCUT2D eigenvalue weighted by atomic mass is 9.77. The second kappa shape index (κ2) is 5.93. The van der Waals surface area contributed by atoms with Crippen molar-refractivity contribution in [1.29, 1.82) is 0 Å². The molecule has 0 atom stereocenters. The molecular weight excluding hydrogens is 377 g/mol. The first kappa shape index (κ1) is 18.1. The zero-order valence-corrected chi connectivity index (χ0v) is 14.7. The van der Waals surface area contributed by atoms with E-state index in [9.17, 15) is 13.2 Å². The van der Waals surface area contributed by atoms with E-state index in [2.05, 4.69) is 15.1 Å². The summed E-state index contributed by atoms with van der Waals surface area (Å²) in [5, 5.41) is 4.60. The van der Waals surface area contributed by atoms with Gasteiger partial charge in [0, 0.05) is 5.39 Å². The first-order valence-electron chi connectivity index (χ1n) is 7.39. The van der Waals surface area contributed by atoms with Crippen LogP contribution in [-0.4, -0.2) is 15.1 Å². The van der Waals surface area contributed by atoms with Crippen LogP contribution in [0.1, 0.15) is 36.3 Å². The molecule has 0 aromatic carbocycles. The Morgan fingerprint density at radius 3 is 2.56 bits per heavy atom. The minimum Gasteiger partial charge on any atom is -0.333 e. The maximum atomic E-state index is 12.8. The van der Waals surface area contributed by atoms with Gasteiger partial charge in [0.05, 0.1) is 10.4 Å². The van der Waals surface area contributed by atoms with Gasteiger partial charge in [-0.3, -0.25) is 0 Å². The van der Waals surface area contributed by atoms with Gasteiger partial charge in [-0.05, 0) is 43.9 Å². The van der Waals surface area contributed by atoms with Gasteiger partial charge in [-0.2, -0.15) is 18.2 Å². The van der Waals surface area contributed by atoms with Crippen molar-refractivity contribution in [1.82, 2.24) is 15.1 Å². The van der Waals surface area contributed by atoms with Gasteiger partial charge in [0.25, 0.3) is 5.89 Å². The molecule has 0 radical (unpaired) electrons. The molecule has 10 heteroatoms. The van der Waals surface area contributed by atoms with Crippen molar-refractivity contribution >= 4 is 34.0 Å². The summed E-state index contributed by atoms with van der Waals surface area (Å²) >= 11 is 1.11. The molecule has 5 nitrogen and oxygen atoms in total. The number of pyridine rings is 1. The second-order valence-electron chi connectivity index (χ2n) is 6.04. The molecule has 1 saturated carbocycles. The Labute approximate surface area is 150 Å². The number of aromatic nitrogens is 3. The summed E-state index contributed by atoms with van der Waals surface area (Å²) in [5.41, 5.74) is 5.49. The number of aryl methyl sites for hydroxylation is 1. The number of thiophene rings is 1. The minimum atomic E-state index is -4.47. The van der Waals surface area contributed by atoms with Crippen LogP contribution < -0.4 is 5.73 Å². The molecule has 0 bridgehead atoms. The average molecular weight is 391 g/mol. The Bertz CT molecular complexity index is 933. The van der Waals surface area contributed by atoms with E-state index < -0.39 is 17.4 Å². The van der Waals surface area contributed by atoms with Crippen LogP contribution in [-0.2, 0) is 11.7 Å². The van der Waals surface area contributed by atoms with Gasteiger partial charge in [0.1, 0.15) is 10.5 Å². The van der Waals surface area contributed by atoms with Crippen molar-refractivity contribution in [2.75, 3.05) is 0 Å². The van der Waals surface area contributed by atoms with Gasteiger partial charge >= 0.3 is 6.18 Å². The van der Waals surface area contributed by atoms with Crippen molar-refractivity contribution in [3.05, 3.63) is 29.2 Å². The fraction of sp³-hybridized carbons (Fsp3) is 0.400. The van der Waals surface area contributed by atoms with E-state index in [0.717, 1.165) is 42.2 Å². The Morgan fingerprint density at radius 1 is 1.24 bits per heavy atom. The molecule has 0 amide bonds. The molecule has 0 unspecified atom stereocenters. The van der Waals surface area contributed by atoms with Crippen molar-refractivity contribution in [2.24, 2.45) is 5.73 Å². The van der Waals surface area contributed by atoms with Crippen LogP contribution in [0, 0.1) is 6.92 Å². The number of fused-ring (bicyclic) bond motifs is 1. The van der Waals surface area contributed by atoms with Crippen molar-refractivity contribution in [3.8, 4) is 10.8 Å². The molecule has 3 aromatic rings. The lowest BCUT2D eigenvalue weighted by Crippen LogP contribution is -2.44. The normalized spacial score (nSPS) is 16.5. The summed E-state index contributed by atoms with van der Waals surface area (Å²) in [4.78, 5) is 8.99. The quantitative estimate of drug-likeness (QED) is 0.700. The first-order chi connectivity index (χ1) is 11.3. The fourth-order valence-corrected chi connectivity index (χ4v) is 3.86. The van der Waals surface area contributed by atoms with Crippen LogP contribution in [0.15, 0.2) is 16.7 Å². The lowest BCUT2D eigenvalue weighted by Gasteiger charge is -2.34. The standard InChI is InChI=1S/C15H13F3N4OS.ClH/c1-7-8-3-4-9(15(16,17)18)20-12(8)24-10(7)11-21-13(22-23-11)14(19)5-2-6-14;/h3-4H,2,5-6,19H2,1H3;1H. The van der Waals surface area contributed by atoms with E-state index in [1.54, 1.807) is 6.92 Å². The summed E-state index contributed by atoms with van der Waals surface area (Å²) in [7, 11) is 0. The molecule has 4 rings (SSSR count). The summed E-state index contributed by atoms with van der Waals surface area (Å²) in [6.45, 7) is 1.80. The highest BCUT2D eigenvalue weighted by Crippen LogP contribution is 2.41. The van der Waals surface area contributed by atoms with E-state index in [0.29, 0.717) is 20.9 Å². The SMILES string of the molecule is Cc1c(-c2nc(C3(N)CCC3)no2)sc2nc(C(F)(F)F)ccc12.Cl. The molecule has 0 saturated heterocycles. The number of hydrogen-bond acceptors (Lipinski definition) is 6. The summed E-state index contributed by atoms with van der Waals surface area (Å²) in [6, 6.07) is 2.41. The molecule has 2 N–H and O–H groups in total. The van der Waals surface area contributed by atoms with Crippen LogP contribution in [0.4, 0.5) is 13.2 Å². The molecule has 25 heavy (non-hydrogen) atoms.